The van der Waals surface area contributed by atoms with E-state index in [4.69, 9.17) is 11.6 Å². The number of nitrogens with zero attached hydrogens (tertiary/aromatic N) is 3. The van der Waals surface area contributed by atoms with Crippen molar-refractivity contribution in [2.75, 3.05) is 5.32 Å². The summed E-state index contributed by atoms with van der Waals surface area (Å²) in [5.74, 6) is -1.13. The molecule has 170 valence electrons. The van der Waals surface area contributed by atoms with Crippen molar-refractivity contribution in [1.29, 1.82) is 0 Å². The van der Waals surface area contributed by atoms with Crippen LogP contribution in [0.5, 0.6) is 0 Å². The Morgan fingerprint density at radius 2 is 2.00 bits per heavy atom. The zero-order chi connectivity index (χ0) is 23.4. The molecule has 1 fully saturated rings. The predicted octanol–water partition coefficient (Wildman–Crippen LogP) is 6.15. The maximum Gasteiger partial charge on any atom is 0.261 e. The number of aromatic nitrogens is 3. The second kappa shape index (κ2) is 8.22. The van der Waals surface area contributed by atoms with Gasteiger partial charge in [0.05, 0.1) is 28.1 Å². The number of pyridine rings is 1. The summed E-state index contributed by atoms with van der Waals surface area (Å²) in [5, 5.41) is 5.17. The van der Waals surface area contributed by atoms with Crippen molar-refractivity contribution in [1.82, 2.24) is 19.9 Å². The van der Waals surface area contributed by atoms with Crippen molar-refractivity contribution < 1.29 is 18.0 Å². The van der Waals surface area contributed by atoms with Gasteiger partial charge in [0.1, 0.15) is 15.7 Å². The molecule has 0 bridgehead atoms. The highest BCUT2D eigenvalue weighted by Gasteiger charge is 2.52. The molecule has 4 rings (SSSR count). The maximum atomic E-state index is 15.1. The molecule has 2 N–H and O–H groups in total. The van der Waals surface area contributed by atoms with Crippen molar-refractivity contribution in [3.05, 3.63) is 45.0 Å². The molecule has 11 heteroatoms. The average molecular weight is 531 g/mol. The lowest BCUT2D eigenvalue weighted by atomic mass is 10.1. The Morgan fingerprint density at radius 1 is 1.31 bits per heavy atom. The highest BCUT2D eigenvalue weighted by Crippen LogP contribution is 2.42. The van der Waals surface area contributed by atoms with Gasteiger partial charge in [-0.3, -0.25) is 4.79 Å². The molecule has 0 atom stereocenters. The number of amides is 1. The highest BCUT2D eigenvalue weighted by atomic mass is 79.9. The number of hydrogen-bond acceptors (Lipinski definition) is 4. The topological polar surface area (TPSA) is 71.8 Å². The fraction of sp³-hybridized carbons (Fsp3) is 0.381. The van der Waals surface area contributed by atoms with Crippen LogP contribution in [0.1, 0.15) is 48.7 Å². The van der Waals surface area contributed by atoms with E-state index < -0.39 is 23.7 Å². The van der Waals surface area contributed by atoms with Crippen LogP contribution in [-0.4, -0.2) is 32.4 Å². The fourth-order valence-corrected chi connectivity index (χ4v) is 4.11. The molecule has 0 radical (unpaired) electrons. The quantitative estimate of drug-likeness (QED) is 0.375. The Kier molecular flexibility index (Phi) is 5.87. The molecule has 1 aliphatic rings. The molecule has 32 heavy (non-hydrogen) atoms. The summed E-state index contributed by atoms with van der Waals surface area (Å²) >= 11 is 9.54. The van der Waals surface area contributed by atoms with Crippen molar-refractivity contribution in [2.24, 2.45) is 0 Å². The molecule has 3 aromatic rings. The molecule has 0 aliphatic heterocycles. The van der Waals surface area contributed by atoms with Gasteiger partial charge in [-0.25, -0.2) is 23.1 Å². The van der Waals surface area contributed by atoms with Gasteiger partial charge in [-0.2, -0.15) is 0 Å². The number of carbonyl (C=O) groups is 1. The van der Waals surface area contributed by atoms with E-state index in [1.165, 1.54) is 13.0 Å². The number of carbonyl (C=O) groups excluding carboxylic acids is 1. The van der Waals surface area contributed by atoms with Crippen molar-refractivity contribution in [3.63, 3.8) is 0 Å². The van der Waals surface area contributed by atoms with Gasteiger partial charge in [0.25, 0.3) is 12.3 Å². The van der Waals surface area contributed by atoms with Crippen LogP contribution in [-0.2, 0) is 0 Å². The summed E-state index contributed by atoms with van der Waals surface area (Å²) in [5.41, 5.74) is -0.383. The molecule has 2 aromatic heterocycles. The largest absolute Gasteiger partial charge is 0.341 e. The van der Waals surface area contributed by atoms with Gasteiger partial charge in [0.15, 0.2) is 11.6 Å². The lowest BCUT2D eigenvalue weighted by molar-refractivity contribution is 0.0680. The molecular weight excluding hydrogens is 511 g/mol. The number of halogens is 5. The Morgan fingerprint density at radius 3 is 2.59 bits per heavy atom. The average Bonchev–Trinajstić information content (AvgIpc) is 3.38. The number of benzene rings is 1. The highest BCUT2D eigenvalue weighted by molar-refractivity contribution is 9.10. The molecular formula is C21H20BrClF3N5O. The zero-order valence-corrected chi connectivity index (χ0v) is 19.8. The van der Waals surface area contributed by atoms with Crippen molar-refractivity contribution >= 4 is 56.0 Å². The number of anilines is 2. The Balaban J connectivity index is 1.77. The minimum atomic E-state index is -2.69. The minimum absolute atomic E-state index is 0.0207. The van der Waals surface area contributed by atoms with Crippen LogP contribution in [0.15, 0.2) is 23.1 Å². The van der Waals surface area contributed by atoms with Gasteiger partial charge in [-0.1, -0.05) is 11.6 Å². The van der Waals surface area contributed by atoms with Crippen LogP contribution in [0.25, 0.3) is 11.0 Å². The smallest absolute Gasteiger partial charge is 0.261 e. The van der Waals surface area contributed by atoms with Gasteiger partial charge in [-0.15, -0.1) is 0 Å². The molecule has 0 spiro atoms. The molecule has 1 aliphatic carbocycles. The van der Waals surface area contributed by atoms with Crippen LogP contribution < -0.4 is 10.6 Å². The van der Waals surface area contributed by atoms with E-state index in [0.29, 0.717) is 21.5 Å². The second-order valence-corrected chi connectivity index (χ2v) is 9.36. The van der Waals surface area contributed by atoms with E-state index >= 15 is 4.39 Å². The minimum Gasteiger partial charge on any atom is -0.341 e. The van der Waals surface area contributed by atoms with Gasteiger partial charge in [0, 0.05) is 11.6 Å². The number of nitrogens with one attached hydrogen (secondary N) is 2. The first kappa shape index (κ1) is 22.8. The van der Waals surface area contributed by atoms with E-state index in [0.717, 1.165) is 0 Å². The summed E-state index contributed by atoms with van der Waals surface area (Å²) < 4.78 is 44.0. The lowest BCUT2D eigenvalue weighted by Crippen LogP contribution is -2.42. The number of fused-ring (bicyclic) bond motifs is 1. The Bertz CT molecular complexity index is 1230. The van der Waals surface area contributed by atoms with Gasteiger partial charge in [-0.05, 0) is 61.7 Å². The third-order valence-corrected chi connectivity index (χ3v) is 6.46. The van der Waals surface area contributed by atoms with Crippen molar-refractivity contribution in [3.8, 4) is 0 Å². The van der Waals surface area contributed by atoms with Crippen molar-refractivity contribution in [2.45, 2.75) is 51.6 Å². The normalized spacial score (nSPS) is 14.9. The lowest BCUT2D eigenvalue weighted by Gasteiger charge is -2.19. The van der Waals surface area contributed by atoms with Gasteiger partial charge in [0.2, 0.25) is 0 Å². The van der Waals surface area contributed by atoms with Crippen LogP contribution in [0, 0.1) is 12.7 Å². The fourth-order valence-electron chi connectivity index (χ4n) is 3.49. The summed E-state index contributed by atoms with van der Waals surface area (Å²) in [6, 6.07) is 3.01. The first-order valence-corrected chi connectivity index (χ1v) is 11.1. The van der Waals surface area contributed by atoms with E-state index in [9.17, 15) is 13.6 Å². The van der Waals surface area contributed by atoms with Crippen LogP contribution in [0.2, 0.25) is 5.02 Å². The summed E-state index contributed by atoms with van der Waals surface area (Å²) in [6.45, 7) is 5.36. The van der Waals surface area contributed by atoms with E-state index in [-0.39, 0.29) is 40.7 Å². The standard InChI is InChI=1S/C21H20BrClF3N5O/c1-9(2)31-8-27-13-7-14(22)29-18(17(13)31)28-12-6-11(15(23)10(3)16(12)24)19(32)30-21(4-5-21)20(25)26/h6-9,20H,4-5H2,1-3H3,(H,28,29)(H,30,32). The Labute approximate surface area is 195 Å². The zero-order valence-electron chi connectivity index (χ0n) is 17.4. The molecule has 2 heterocycles. The number of alkyl halides is 2. The Hall–Kier alpha value is -2.33. The molecule has 1 amide bonds. The third kappa shape index (κ3) is 3.94. The van der Waals surface area contributed by atoms with E-state index in [2.05, 4.69) is 36.5 Å². The van der Waals surface area contributed by atoms with Gasteiger partial charge >= 0.3 is 0 Å². The molecule has 1 aromatic carbocycles. The molecule has 1 saturated carbocycles. The van der Waals surface area contributed by atoms with E-state index in [1.807, 2.05) is 18.4 Å². The van der Waals surface area contributed by atoms with Gasteiger partial charge < -0.3 is 15.2 Å². The number of imidazole rings is 1. The van der Waals surface area contributed by atoms with Crippen LogP contribution in [0.3, 0.4) is 0 Å². The molecule has 0 saturated heterocycles. The summed E-state index contributed by atoms with van der Waals surface area (Å²) in [6.07, 6.45) is -0.673. The molecule has 0 unspecified atom stereocenters. The second-order valence-electron chi connectivity index (χ2n) is 8.17. The SMILES string of the molecule is Cc1c(F)c(Nc2nc(Br)cc3ncn(C(C)C)c23)cc(C(=O)NC2(C(F)F)CC2)c1Cl. The maximum absolute atomic E-state index is 15.1. The monoisotopic (exact) mass is 529 g/mol. The van der Waals surface area contributed by atoms with Crippen LogP contribution in [0.4, 0.5) is 24.7 Å². The number of hydrogen-bond donors (Lipinski definition) is 2. The first-order chi connectivity index (χ1) is 15.0. The predicted molar refractivity (Wildman–Crippen MR) is 120 cm³/mol. The molecule has 6 nitrogen and oxygen atoms in total. The van der Waals surface area contributed by atoms with E-state index in [1.54, 1.807) is 12.4 Å². The first-order valence-electron chi connectivity index (χ1n) is 9.93. The third-order valence-electron chi connectivity index (χ3n) is 5.56. The van der Waals surface area contributed by atoms with Crippen LogP contribution >= 0.6 is 27.5 Å². The number of rotatable bonds is 6. The summed E-state index contributed by atoms with van der Waals surface area (Å²) in [4.78, 5) is 21.5. The summed E-state index contributed by atoms with van der Waals surface area (Å²) in [7, 11) is 0.